The molecule has 1 aliphatic heterocycles. The maximum absolute atomic E-state index is 12.2. The van der Waals surface area contributed by atoms with Crippen LogP contribution in [0.3, 0.4) is 0 Å². The number of nitrogens with one attached hydrogen (secondary N) is 1. The summed E-state index contributed by atoms with van der Waals surface area (Å²) >= 11 is 12.2. The second-order valence-electron chi connectivity index (χ2n) is 7.89. The van der Waals surface area contributed by atoms with Crippen molar-refractivity contribution in [2.45, 2.75) is 38.8 Å². The van der Waals surface area contributed by atoms with Crippen molar-refractivity contribution in [1.82, 2.24) is 10.2 Å². The average Bonchev–Trinajstić information content (AvgIpc) is 3.16. The molecule has 0 aromatic heterocycles. The summed E-state index contributed by atoms with van der Waals surface area (Å²) in [6.07, 6.45) is 0.630. The third-order valence-corrected chi connectivity index (χ3v) is 6.27. The van der Waals surface area contributed by atoms with Crippen LogP contribution >= 0.6 is 23.2 Å². The molecule has 3 rings (SSSR count). The molecule has 1 saturated heterocycles. The molecule has 0 spiro atoms. The lowest BCUT2D eigenvalue weighted by molar-refractivity contribution is -0.144. The number of methoxy groups -OCH3 is 1. The van der Waals surface area contributed by atoms with Crippen LogP contribution in [0.1, 0.15) is 43.4 Å². The number of hydrogen-bond acceptors (Lipinski definition) is 7. The van der Waals surface area contributed by atoms with Gasteiger partial charge in [0.05, 0.1) is 36.7 Å². The fourth-order valence-electron chi connectivity index (χ4n) is 3.72. The van der Waals surface area contributed by atoms with Crippen molar-refractivity contribution in [1.29, 1.82) is 0 Å². The number of esters is 1. The molecule has 0 radical (unpaired) electrons. The van der Waals surface area contributed by atoms with Gasteiger partial charge >= 0.3 is 5.97 Å². The molecule has 2 amide bonds. The summed E-state index contributed by atoms with van der Waals surface area (Å²) in [5.41, 5.74) is 1.71. The highest BCUT2D eigenvalue weighted by Crippen LogP contribution is 2.30. The van der Waals surface area contributed by atoms with Crippen LogP contribution in [-0.2, 0) is 25.7 Å². The zero-order valence-electron chi connectivity index (χ0n) is 19.6. The average molecular weight is 523 g/mol. The first kappa shape index (κ1) is 26.8. The molecule has 188 valence electrons. The summed E-state index contributed by atoms with van der Waals surface area (Å²) in [4.78, 5) is 36.9. The van der Waals surface area contributed by atoms with E-state index in [1.54, 1.807) is 25.1 Å². The van der Waals surface area contributed by atoms with E-state index in [1.807, 2.05) is 18.2 Å². The molecule has 0 bridgehead atoms. The molecule has 2 aromatic rings. The highest BCUT2D eigenvalue weighted by Gasteiger charge is 2.28. The molecule has 1 heterocycles. The molecule has 1 aliphatic rings. The smallest absolute Gasteiger partial charge is 0.307 e. The summed E-state index contributed by atoms with van der Waals surface area (Å²) in [6, 6.07) is 10.4. The van der Waals surface area contributed by atoms with Crippen LogP contribution in [0.2, 0.25) is 10.0 Å². The summed E-state index contributed by atoms with van der Waals surface area (Å²) in [5.74, 6) is 0.341. The molecule has 10 heteroatoms. The number of imide groups is 1. The molecular formula is C25H28Cl2N2O6. The van der Waals surface area contributed by atoms with E-state index in [9.17, 15) is 14.4 Å². The molecule has 35 heavy (non-hydrogen) atoms. The predicted molar refractivity (Wildman–Crippen MR) is 132 cm³/mol. The first-order valence-corrected chi connectivity index (χ1v) is 12.0. The minimum absolute atomic E-state index is 0.123. The quantitative estimate of drug-likeness (QED) is 0.327. The van der Waals surface area contributed by atoms with Gasteiger partial charge in [0.25, 0.3) is 0 Å². The largest absolute Gasteiger partial charge is 0.493 e. The summed E-state index contributed by atoms with van der Waals surface area (Å²) in [5, 5.41) is 4.21. The summed E-state index contributed by atoms with van der Waals surface area (Å²) in [7, 11) is 1.53. The molecule has 1 atom stereocenters. The van der Waals surface area contributed by atoms with E-state index in [0.717, 1.165) is 11.1 Å². The maximum Gasteiger partial charge on any atom is 0.307 e. The van der Waals surface area contributed by atoms with Gasteiger partial charge in [0.15, 0.2) is 11.5 Å². The van der Waals surface area contributed by atoms with Gasteiger partial charge < -0.3 is 19.5 Å². The van der Waals surface area contributed by atoms with Crippen LogP contribution in [0, 0.1) is 0 Å². The van der Waals surface area contributed by atoms with Crippen molar-refractivity contribution in [3.05, 3.63) is 57.6 Å². The van der Waals surface area contributed by atoms with Crippen molar-refractivity contribution in [3.8, 4) is 11.5 Å². The lowest BCUT2D eigenvalue weighted by atomic mass is 10.0. The van der Waals surface area contributed by atoms with Gasteiger partial charge in [-0.3, -0.25) is 19.3 Å². The van der Waals surface area contributed by atoms with E-state index < -0.39 is 0 Å². The van der Waals surface area contributed by atoms with E-state index in [1.165, 1.54) is 12.0 Å². The van der Waals surface area contributed by atoms with Crippen LogP contribution < -0.4 is 14.8 Å². The van der Waals surface area contributed by atoms with Gasteiger partial charge in [0.1, 0.15) is 6.61 Å². The Balaban J connectivity index is 1.65. The van der Waals surface area contributed by atoms with Crippen LogP contribution in [0.25, 0.3) is 0 Å². The number of likely N-dealkylation sites (tertiary alicyclic amines) is 1. The second kappa shape index (κ2) is 12.8. The van der Waals surface area contributed by atoms with Gasteiger partial charge in [-0.25, -0.2) is 0 Å². The summed E-state index contributed by atoms with van der Waals surface area (Å²) < 4.78 is 16.3. The SMILES string of the molecule is CCOC(=O)CC(NCc1ccc(OCCN2C(=O)CCC2=O)c(OC)c1)c1ccc(Cl)c(Cl)c1. The van der Waals surface area contributed by atoms with Gasteiger partial charge in [-0.15, -0.1) is 0 Å². The normalized spacial score (nSPS) is 14.2. The van der Waals surface area contributed by atoms with Crippen molar-refractivity contribution < 1.29 is 28.6 Å². The number of nitrogens with zero attached hydrogens (tertiary/aromatic N) is 1. The van der Waals surface area contributed by atoms with Crippen molar-refractivity contribution in [2.24, 2.45) is 0 Å². The Bertz CT molecular complexity index is 1060. The fourth-order valence-corrected chi connectivity index (χ4v) is 4.03. The number of ether oxygens (including phenoxy) is 3. The Morgan fingerprint density at radius 1 is 1.06 bits per heavy atom. The molecular weight excluding hydrogens is 495 g/mol. The minimum atomic E-state index is -0.346. The molecule has 1 fully saturated rings. The Kier molecular flexibility index (Phi) is 9.77. The Morgan fingerprint density at radius 3 is 2.46 bits per heavy atom. The van der Waals surface area contributed by atoms with Crippen LogP contribution in [0.5, 0.6) is 11.5 Å². The molecule has 1 unspecified atom stereocenters. The van der Waals surface area contributed by atoms with Crippen LogP contribution in [0.15, 0.2) is 36.4 Å². The highest BCUT2D eigenvalue weighted by molar-refractivity contribution is 6.42. The Morgan fingerprint density at radius 2 is 1.80 bits per heavy atom. The number of amides is 2. The Hall–Kier alpha value is -2.81. The van der Waals surface area contributed by atoms with Crippen LogP contribution in [-0.4, -0.2) is 49.6 Å². The first-order chi connectivity index (χ1) is 16.8. The summed E-state index contributed by atoms with van der Waals surface area (Å²) in [6.45, 7) is 2.85. The second-order valence-corrected chi connectivity index (χ2v) is 8.70. The number of carbonyl (C=O) groups excluding carboxylic acids is 3. The lowest BCUT2D eigenvalue weighted by Crippen LogP contribution is -2.33. The molecule has 0 aliphatic carbocycles. The van der Waals surface area contributed by atoms with E-state index in [0.29, 0.717) is 34.7 Å². The maximum atomic E-state index is 12.2. The third kappa shape index (κ3) is 7.34. The Labute approximate surface area is 214 Å². The van der Waals surface area contributed by atoms with Gasteiger partial charge in [0, 0.05) is 25.4 Å². The molecule has 8 nitrogen and oxygen atoms in total. The van der Waals surface area contributed by atoms with E-state index in [-0.39, 0.29) is 56.2 Å². The molecule has 2 aromatic carbocycles. The zero-order chi connectivity index (χ0) is 25.4. The monoisotopic (exact) mass is 522 g/mol. The first-order valence-electron chi connectivity index (χ1n) is 11.3. The van der Waals surface area contributed by atoms with E-state index in [2.05, 4.69) is 5.32 Å². The van der Waals surface area contributed by atoms with Crippen molar-refractivity contribution in [2.75, 3.05) is 26.9 Å². The number of hydrogen-bond donors (Lipinski definition) is 1. The number of halogens is 2. The number of carbonyl (C=O) groups is 3. The highest BCUT2D eigenvalue weighted by atomic mass is 35.5. The van der Waals surface area contributed by atoms with E-state index in [4.69, 9.17) is 37.4 Å². The van der Waals surface area contributed by atoms with Gasteiger partial charge in [-0.2, -0.15) is 0 Å². The van der Waals surface area contributed by atoms with Gasteiger partial charge in [-0.05, 0) is 42.3 Å². The standard InChI is InChI=1S/C25H28Cl2N2O6/c1-3-34-25(32)14-20(17-5-6-18(26)19(27)13-17)28-15-16-4-7-21(22(12-16)33-2)35-11-10-29-23(30)8-9-24(29)31/h4-7,12-13,20,28H,3,8-11,14-15H2,1-2H3. The van der Waals surface area contributed by atoms with Crippen LogP contribution in [0.4, 0.5) is 0 Å². The van der Waals surface area contributed by atoms with Crippen molar-refractivity contribution in [3.63, 3.8) is 0 Å². The topological polar surface area (TPSA) is 94.2 Å². The molecule has 1 N–H and O–H groups in total. The third-order valence-electron chi connectivity index (χ3n) is 5.53. The fraction of sp³-hybridized carbons (Fsp3) is 0.400. The lowest BCUT2D eigenvalue weighted by Gasteiger charge is -2.20. The number of rotatable bonds is 12. The number of benzene rings is 2. The van der Waals surface area contributed by atoms with Gasteiger partial charge in [0.2, 0.25) is 11.8 Å². The van der Waals surface area contributed by atoms with Crippen molar-refractivity contribution >= 4 is 41.0 Å². The molecule has 0 saturated carbocycles. The minimum Gasteiger partial charge on any atom is -0.493 e. The van der Waals surface area contributed by atoms with E-state index >= 15 is 0 Å². The van der Waals surface area contributed by atoms with Gasteiger partial charge in [-0.1, -0.05) is 35.3 Å². The zero-order valence-corrected chi connectivity index (χ0v) is 21.2. The predicted octanol–water partition coefficient (Wildman–Crippen LogP) is 4.31.